The third kappa shape index (κ3) is 2.93. The lowest BCUT2D eigenvalue weighted by Gasteiger charge is -2.10. The second kappa shape index (κ2) is 5.40. The maximum atomic E-state index is 12.0. The van der Waals surface area contributed by atoms with Gasteiger partial charge in [-0.1, -0.05) is 18.2 Å². The summed E-state index contributed by atoms with van der Waals surface area (Å²) in [5, 5.41) is 0. The highest BCUT2D eigenvalue weighted by molar-refractivity contribution is 9.10. The molecule has 98 valence electrons. The van der Waals surface area contributed by atoms with E-state index in [-0.39, 0.29) is 5.56 Å². The van der Waals surface area contributed by atoms with E-state index in [4.69, 9.17) is 5.73 Å². The molecule has 1 heterocycles. The fourth-order valence-electron chi connectivity index (χ4n) is 1.94. The van der Waals surface area contributed by atoms with E-state index in [9.17, 15) is 9.59 Å². The van der Waals surface area contributed by atoms with Crippen molar-refractivity contribution in [1.82, 2.24) is 4.57 Å². The number of benzene rings is 1. The van der Waals surface area contributed by atoms with Gasteiger partial charge >= 0.3 is 0 Å². The molecule has 0 atom stereocenters. The molecule has 4 nitrogen and oxygen atoms in total. The highest BCUT2D eigenvalue weighted by atomic mass is 79.9. The lowest BCUT2D eigenvalue weighted by molar-refractivity contribution is 0.0999. The summed E-state index contributed by atoms with van der Waals surface area (Å²) in [6.45, 7) is 2.07. The molecule has 0 radical (unpaired) electrons. The van der Waals surface area contributed by atoms with Crippen molar-refractivity contribution in [2.24, 2.45) is 5.73 Å². The monoisotopic (exact) mass is 320 g/mol. The van der Waals surface area contributed by atoms with Crippen LogP contribution in [0, 0.1) is 6.92 Å². The largest absolute Gasteiger partial charge is 0.366 e. The SMILES string of the molecule is Cc1cc(Br)cn(Cc2ccccc2C(N)=O)c1=O. The van der Waals surface area contributed by atoms with Crippen LogP contribution in [0.3, 0.4) is 0 Å². The molecule has 0 spiro atoms. The van der Waals surface area contributed by atoms with E-state index in [1.54, 1.807) is 42.0 Å². The van der Waals surface area contributed by atoms with E-state index in [0.29, 0.717) is 17.7 Å². The van der Waals surface area contributed by atoms with Crippen LogP contribution < -0.4 is 11.3 Å². The number of pyridine rings is 1. The van der Waals surface area contributed by atoms with Crippen LogP contribution in [0.2, 0.25) is 0 Å². The summed E-state index contributed by atoms with van der Waals surface area (Å²) >= 11 is 3.36. The van der Waals surface area contributed by atoms with Gasteiger partial charge in [0.15, 0.2) is 0 Å². The van der Waals surface area contributed by atoms with Crippen LogP contribution in [-0.4, -0.2) is 10.5 Å². The number of primary amides is 1. The number of hydrogen-bond donors (Lipinski definition) is 1. The Bertz CT molecular complexity index is 692. The number of halogens is 1. The molecule has 1 aromatic heterocycles. The summed E-state index contributed by atoms with van der Waals surface area (Å²) in [7, 11) is 0. The Morgan fingerprint density at radius 2 is 2.05 bits per heavy atom. The van der Waals surface area contributed by atoms with Gasteiger partial charge in [-0.05, 0) is 40.5 Å². The van der Waals surface area contributed by atoms with E-state index in [0.717, 1.165) is 10.0 Å². The number of hydrogen-bond acceptors (Lipinski definition) is 2. The Morgan fingerprint density at radius 1 is 1.37 bits per heavy atom. The molecule has 0 aliphatic carbocycles. The van der Waals surface area contributed by atoms with Crippen LogP contribution in [0.1, 0.15) is 21.5 Å². The molecule has 5 heteroatoms. The molecule has 0 bridgehead atoms. The number of aryl methyl sites for hydroxylation is 1. The van der Waals surface area contributed by atoms with Gasteiger partial charge in [0, 0.05) is 21.8 Å². The minimum absolute atomic E-state index is 0.0810. The van der Waals surface area contributed by atoms with Crippen LogP contribution in [0.5, 0.6) is 0 Å². The number of amides is 1. The summed E-state index contributed by atoms with van der Waals surface area (Å²) in [5.74, 6) is -0.490. The molecular formula is C14H13BrN2O2. The minimum atomic E-state index is -0.490. The van der Waals surface area contributed by atoms with E-state index >= 15 is 0 Å². The molecule has 2 rings (SSSR count). The van der Waals surface area contributed by atoms with Gasteiger partial charge in [-0.15, -0.1) is 0 Å². The van der Waals surface area contributed by atoms with Crippen molar-refractivity contribution in [3.63, 3.8) is 0 Å². The van der Waals surface area contributed by atoms with Gasteiger partial charge in [-0.2, -0.15) is 0 Å². The van der Waals surface area contributed by atoms with Crippen molar-refractivity contribution in [2.45, 2.75) is 13.5 Å². The summed E-state index contributed by atoms with van der Waals surface area (Å²) < 4.78 is 2.38. The predicted octanol–water partition coefficient (Wildman–Crippen LogP) is 2.07. The maximum Gasteiger partial charge on any atom is 0.253 e. The maximum absolute atomic E-state index is 12.0. The van der Waals surface area contributed by atoms with Crippen LogP contribution in [0.4, 0.5) is 0 Å². The standard InChI is InChI=1S/C14H13BrN2O2/c1-9-6-11(15)8-17(14(9)19)7-10-4-2-3-5-12(10)13(16)18/h2-6,8H,7H2,1H3,(H2,16,18). The zero-order valence-corrected chi connectivity index (χ0v) is 12.0. The first-order chi connectivity index (χ1) is 8.99. The average Bonchev–Trinajstić information content (AvgIpc) is 2.35. The molecule has 0 saturated carbocycles. The Hall–Kier alpha value is -1.88. The van der Waals surface area contributed by atoms with Crippen molar-refractivity contribution in [1.29, 1.82) is 0 Å². The molecular weight excluding hydrogens is 308 g/mol. The molecule has 0 aliphatic heterocycles. The third-order valence-electron chi connectivity index (χ3n) is 2.86. The molecule has 2 N–H and O–H groups in total. The fraction of sp³-hybridized carbons (Fsp3) is 0.143. The van der Waals surface area contributed by atoms with Crippen LogP contribution in [0.25, 0.3) is 0 Å². The number of rotatable bonds is 3. The van der Waals surface area contributed by atoms with Gasteiger partial charge in [-0.3, -0.25) is 9.59 Å². The van der Waals surface area contributed by atoms with E-state index in [2.05, 4.69) is 15.9 Å². The molecule has 0 unspecified atom stereocenters. The first-order valence-electron chi connectivity index (χ1n) is 5.73. The van der Waals surface area contributed by atoms with E-state index < -0.39 is 5.91 Å². The molecule has 1 amide bonds. The number of nitrogens with two attached hydrogens (primary N) is 1. The zero-order valence-electron chi connectivity index (χ0n) is 10.4. The quantitative estimate of drug-likeness (QED) is 0.940. The minimum Gasteiger partial charge on any atom is -0.366 e. The number of carbonyl (C=O) groups excluding carboxylic acids is 1. The Balaban J connectivity index is 2.48. The highest BCUT2D eigenvalue weighted by Crippen LogP contribution is 2.12. The molecule has 1 aromatic carbocycles. The summed E-state index contributed by atoms with van der Waals surface area (Å²) in [6.07, 6.45) is 1.70. The summed E-state index contributed by atoms with van der Waals surface area (Å²) in [6, 6.07) is 8.78. The Kier molecular flexibility index (Phi) is 3.85. The smallest absolute Gasteiger partial charge is 0.253 e. The topological polar surface area (TPSA) is 65.1 Å². The van der Waals surface area contributed by atoms with Crippen molar-refractivity contribution >= 4 is 21.8 Å². The molecule has 0 aliphatic rings. The van der Waals surface area contributed by atoms with Crippen LogP contribution in [-0.2, 0) is 6.54 Å². The van der Waals surface area contributed by atoms with E-state index in [1.165, 1.54) is 0 Å². The van der Waals surface area contributed by atoms with Crippen molar-refractivity contribution in [2.75, 3.05) is 0 Å². The molecule has 0 fully saturated rings. The van der Waals surface area contributed by atoms with Gasteiger partial charge in [0.1, 0.15) is 0 Å². The summed E-state index contributed by atoms with van der Waals surface area (Å²) in [4.78, 5) is 23.4. The number of nitrogens with zero attached hydrogens (tertiary/aromatic N) is 1. The predicted molar refractivity (Wildman–Crippen MR) is 77.2 cm³/mol. The van der Waals surface area contributed by atoms with Gasteiger partial charge in [-0.25, -0.2) is 0 Å². The van der Waals surface area contributed by atoms with E-state index in [1.807, 2.05) is 6.07 Å². The number of carbonyl (C=O) groups is 1. The molecule has 19 heavy (non-hydrogen) atoms. The second-order valence-corrected chi connectivity index (χ2v) is 5.21. The second-order valence-electron chi connectivity index (χ2n) is 4.30. The van der Waals surface area contributed by atoms with Crippen molar-refractivity contribution in [3.8, 4) is 0 Å². The van der Waals surface area contributed by atoms with Gasteiger partial charge in [0.05, 0.1) is 6.54 Å². The third-order valence-corrected chi connectivity index (χ3v) is 3.29. The van der Waals surface area contributed by atoms with Gasteiger partial charge < -0.3 is 10.3 Å². The first-order valence-corrected chi connectivity index (χ1v) is 6.52. The lowest BCUT2D eigenvalue weighted by Crippen LogP contribution is -2.24. The molecule has 0 saturated heterocycles. The normalized spacial score (nSPS) is 10.4. The fourth-order valence-corrected chi connectivity index (χ4v) is 2.53. The lowest BCUT2D eigenvalue weighted by atomic mass is 10.1. The van der Waals surface area contributed by atoms with Gasteiger partial charge in [0.2, 0.25) is 5.91 Å². The molecule has 2 aromatic rings. The van der Waals surface area contributed by atoms with Crippen molar-refractivity contribution < 1.29 is 4.79 Å². The average molecular weight is 321 g/mol. The van der Waals surface area contributed by atoms with Crippen LogP contribution >= 0.6 is 15.9 Å². The Morgan fingerprint density at radius 3 is 2.74 bits per heavy atom. The van der Waals surface area contributed by atoms with Crippen LogP contribution in [0.15, 0.2) is 45.8 Å². The summed E-state index contributed by atoms with van der Waals surface area (Å²) in [5.41, 5.74) is 7.06. The van der Waals surface area contributed by atoms with Gasteiger partial charge in [0.25, 0.3) is 5.56 Å². The van der Waals surface area contributed by atoms with Crippen molar-refractivity contribution in [3.05, 3.63) is 68.0 Å². The highest BCUT2D eigenvalue weighted by Gasteiger charge is 2.09. The zero-order chi connectivity index (χ0) is 14.0. The Labute approximate surface area is 119 Å². The first kappa shape index (κ1) is 13.5. The number of aromatic nitrogens is 1.